The molecule has 0 unspecified atom stereocenters. The normalized spacial score (nSPS) is 16.4. The minimum absolute atomic E-state index is 0.0467. The van der Waals surface area contributed by atoms with Gasteiger partial charge >= 0.3 is 0 Å². The van der Waals surface area contributed by atoms with Crippen LogP contribution in [0.1, 0.15) is 22.8 Å². The van der Waals surface area contributed by atoms with Crippen LogP contribution in [0.5, 0.6) is 0 Å². The first-order valence-corrected chi connectivity index (χ1v) is 13.7. The monoisotopic (exact) mass is 554 g/mol. The largest absolute Gasteiger partial charge is 0.333 e. The number of hydrogen-bond donors (Lipinski definition) is 1. The first-order valence-electron chi connectivity index (χ1n) is 12.3. The Balaban J connectivity index is 1.25. The molecule has 7 nitrogen and oxygen atoms in total. The summed E-state index contributed by atoms with van der Waals surface area (Å²) in [4.78, 5) is 20.9. The summed E-state index contributed by atoms with van der Waals surface area (Å²) in [7, 11) is -3.93. The van der Waals surface area contributed by atoms with E-state index in [1.165, 1.54) is 36.5 Å². The molecule has 1 saturated heterocycles. The van der Waals surface area contributed by atoms with E-state index < -0.39 is 27.5 Å². The van der Waals surface area contributed by atoms with Crippen LogP contribution in [0.3, 0.4) is 0 Å². The van der Waals surface area contributed by atoms with Gasteiger partial charge in [-0.2, -0.15) is 0 Å². The standard InChI is InChI=1S/C28H25F3N4O3S/c1-18-16-34(17-22-23(29)11-12-24(30)26(22)31)14-15-35(18)28(36)20-7-9-21(10-8-20)33-39(37,38)25-6-2-4-19-5-3-13-32-27(19)25/h2-13,18,33H,14-17H2,1H3/t18-/m0/s1. The first-order chi connectivity index (χ1) is 18.6. The Morgan fingerprint density at radius 1 is 0.974 bits per heavy atom. The van der Waals surface area contributed by atoms with Gasteiger partial charge in [-0.25, -0.2) is 21.6 Å². The van der Waals surface area contributed by atoms with E-state index in [9.17, 15) is 26.4 Å². The highest BCUT2D eigenvalue weighted by Crippen LogP contribution is 2.25. The van der Waals surface area contributed by atoms with Gasteiger partial charge in [-0.3, -0.25) is 19.4 Å². The molecule has 1 amide bonds. The lowest BCUT2D eigenvalue weighted by molar-refractivity contribution is 0.0470. The molecule has 0 radical (unpaired) electrons. The number of piperazine rings is 1. The predicted molar refractivity (Wildman–Crippen MR) is 141 cm³/mol. The maximum absolute atomic E-state index is 14.1. The number of sulfonamides is 1. The fourth-order valence-corrected chi connectivity index (χ4v) is 6.01. The molecule has 1 aromatic heterocycles. The predicted octanol–water partition coefficient (Wildman–Crippen LogP) is 4.80. The number of carbonyl (C=O) groups is 1. The van der Waals surface area contributed by atoms with Crippen molar-refractivity contribution in [1.29, 1.82) is 0 Å². The van der Waals surface area contributed by atoms with Crippen LogP contribution in [-0.4, -0.2) is 54.8 Å². The van der Waals surface area contributed by atoms with Crippen LogP contribution in [0.25, 0.3) is 10.9 Å². The van der Waals surface area contributed by atoms with E-state index in [0.29, 0.717) is 36.1 Å². The van der Waals surface area contributed by atoms with Crippen molar-refractivity contribution >= 4 is 32.5 Å². The van der Waals surface area contributed by atoms with Gasteiger partial charge in [-0.15, -0.1) is 0 Å². The number of halogens is 3. The van der Waals surface area contributed by atoms with Crippen LogP contribution in [0.2, 0.25) is 0 Å². The van der Waals surface area contributed by atoms with Crippen LogP contribution >= 0.6 is 0 Å². The van der Waals surface area contributed by atoms with Crippen molar-refractivity contribution in [3.63, 3.8) is 0 Å². The van der Waals surface area contributed by atoms with Gasteiger partial charge in [0, 0.05) is 60.6 Å². The third-order valence-electron chi connectivity index (χ3n) is 6.76. The Morgan fingerprint density at radius 3 is 2.44 bits per heavy atom. The Morgan fingerprint density at radius 2 is 1.69 bits per heavy atom. The quantitative estimate of drug-likeness (QED) is 0.347. The minimum Gasteiger partial charge on any atom is -0.333 e. The van der Waals surface area contributed by atoms with Gasteiger partial charge in [-0.05, 0) is 55.5 Å². The highest BCUT2D eigenvalue weighted by atomic mass is 32.2. The van der Waals surface area contributed by atoms with Crippen molar-refractivity contribution in [1.82, 2.24) is 14.8 Å². The number of fused-ring (bicyclic) bond motifs is 1. The molecular weight excluding hydrogens is 529 g/mol. The molecule has 1 aliphatic rings. The molecular formula is C28H25F3N4O3S. The molecule has 0 bridgehead atoms. The van der Waals surface area contributed by atoms with Crippen LogP contribution in [0, 0.1) is 17.5 Å². The second-order valence-electron chi connectivity index (χ2n) is 9.42. The van der Waals surface area contributed by atoms with Gasteiger partial charge in [0.1, 0.15) is 10.7 Å². The fraction of sp³-hybridized carbons (Fsp3) is 0.214. The second-order valence-corrected chi connectivity index (χ2v) is 11.1. The average Bonchev–Trinajstić information content (AvgIpc) is 2.93. The zero-order valence-corrected chi connectivity index (χ0v) is 21.8. The van der Waals surface area contributed by atoms with Gasteiger partial charge in [0.25, 0.3) is 15.9 Å². The molecule has 0 saturated carbocycles. The summed E-state index contributed by atoms with van der Waals surface area (Å²) in [6.07, 6.45) is 1.53. The number of aromatic nitrogens is 1. The summed E-state index contributed by atoms with van der Waals surface area (Å²) in [6, 6.07) is 15.9. The van der Waals surface area contributed by atoms with Crippen molar-refractivity contribution in [2.24, 2.45) is 0 Å². The maximum Gasteiger partial charge on any atom is 0.264 e. The Kier molecular flexibility index (Phi) is 7.28. The smallest absolute Gasteiger partial charge is 0.264 e. The Labute approximate surface area is 223 Å². The number of para-hydroxylation sites is 1. The molecule has 1 atom stereocenters. The third-order valence-corrected chi connectivity index (χ3v) is 8.18. The van der Waals surface area contributed by atoms with Gasteiger partial charge < -0.3 is 4.90 Å². The van der Waals surface area contributed by atoms with E-state index in [1.807, 2.05) is 6.92 Å². The van der Waals surface area contributed by atoms with Gasteiger partial charge in [0.15, 0.2) is 11.6 Å². The summed E-state index contributed by atoms with van der Waals surface area (Å²) in [6.45, 7) is 2.72. The lowest BCUT2D eigenvalue weighted by Gasteiger charge is -2.40. The van der Waals surface area contributed by atoms with E-state index in [4.69, 9.17) is 0 Å². The van der Waals surface area contributed by atoms with Crippen molar-refractivity contribution in [3.05, 3.63) is 102 Å². The van der Waals surface area contributed by atoms with Gasteiger partial charge in [0.2, 0.25) is 0 Å². The molecule has 5 rings (SSSR count). The first kappa shape index (κ1) is 26.6. The summed E-state index contributed by atoms with van der Waals surface area (Å²) < 4.78 is 70.3. The van der Waals surface area contributed by atoms with Crippen molar-refractivity contribution in [3.8, 4) is 0 Å². The molecule has 1 fully saturated rings. The Hall–Kier alpha value is -3.96. The van der Waals surface area contributed by atoms with Crippen LogP contribution < -0.4 is 4.72 Å². The second kappa shape index (κ2) is 10.7. The van der Waals surface area contributed by atoms with Crippen molar-refractivity contribution in [2.45, 2.75) is 24.4 Å². The summed E-state index contributed by atoms with van der Waals surface area (Å²) >= 11 is 0. The lowest BCUT2D eigenvalue weighted by Crippen LogP contribution is -2.53. The molecule has 0 spiro atoms. The maximum atomic E-state index is 14.1. The number of amides is 1. The molecule has 39 heavy (non-hydrogen) atoms. The highest BCUT2D eigenvalue weighted by molar-refractivity contribution is 7.93. The summed E-state index contributed by atoms with van der Waals surface area (Å²) in [5.74, 6) is -3.37. The Bertz CT molecular complexity index is 1640. The molecule has 4 aromatic rings. The SMILES string of the molecule is C[C@H]1CN(Cc2c(F)ccc(F)c2F)CCN1C(=O)c1ccc(NS(=O)(=O)c2cccc3cccnc23)cc1. The number of hydrogen-bond acceptors (Lipinski definition) is 5. The molecule has 11 heteroatoms. The van der Waals surface area contributed by atoms with Crippen LogP contribution in [-0.2, 0) is 16.6 Å². The average molecular weight is 555 g/mol. The van der Waals surface area contributed by atoms with E-state index >= 15 is 0 Å². The third kappa shape index (κ3) is 5.45. The van der Waals surface area contributed by atoms with E-state index in [0.717, 1.165) is 12.1 Å². The summed E-state index contributed by atoms with van der Waals surface area (Å²) in [5, 5.41) is 0.696. The summed E-state index contributed by atoms with van der Waals surface area (Å²) in [5.41, 5.74) is 0.679. The van der Waals surface area contributed by atoms with Gasteiger partial charge in [0.05, 0.1) is 5.52 Å². The zero-order valence-electron chi connectivity index (χ0n) is 20.9. The molecule has 1 N–H and O–H groups in total. The number of nitrogens with zero attached hydrogens (tertiary/aromatic N) is 3. The number of nitrogens with one attached hydrogen (secondary N) is 1. The highest BCUT2D eigenvalue weighted by Gasteiger charge is 2.29. The van der Waals surface area contributed by atoms with Gasteiger partial charge in [-0.1, -0.05) is 18.2 Å². The fourth-order valence-electron chi connectivity index (χ4n) is 4.77. The number of pyridine rings is 1. The molecule has 1 aliphatic heterocycles. The number of rotatable bonds is 6. The lowest BCUT2D eigenvalue weighted by atomic mass is 10.1. The van der Waals surface area contributed by atoms with E-state index in [-0.39, 0.29) is 34.6 Å². The zero-order chi connectivity index (χ0) is 27.7. The van der Waals surface area contributed by atoms with Crippen LogP contribution in [0.15, 0.2) is 77.8 Å². The topological polar surface area (TPSA) is 82.6 Å². The number of anilines is 1. The molecule has 3 aromatic carbocycles. The minimum atomic E-state index is -3.93. The number of benzene rings is 3. The van der Waals surface area contributed by atoms with Crippen molar-refractivity contribution in [2.75, 3.05) is 24.4 Å². The van der Waals surface area contributed by atoms with E-state index in [1.54, 1.807) is 34.1 Å². The molecule has 0 aliphatic carbocycles. The van der Waals surface area contributed by atoms with E-state index in [2.05, 4.69) is 9.71 Å². The molecule has 2 heterocycles. The molecule has 202 valence electrons. The number of carbonyl (C=O) groups excluding carboxylic acids is 1. The van der Waals surface area contributed by atoms with Crippen LogP contribution in [0.4, 0.5) is 18.9 Å². The van der Waals surface area contributed by atoms with Crippen molar-refractivity contribution < 1.29 is 26.4 Å².